The van der Waals surface area contributed by atoms with E-state index in [9.17, 15) is 4.79 Å². The number of hydrogen-bond donors (Lipinski definition) is 3. The second-order valence-corrected chi connectivity index (χ2v) is 3.49. The first-order valence-corrected chi connectivity index (χ1v) is 4.46. The van der Waals surface area contributed by atoms with Crippen LogP contribution >= 0.6 is 0 Å². The third-order valence-electron chi connectivity index (χ3n) is 2.49. The van der Waals surface area contributed by atoms with Gasteiger partial charge in [-0.2, -0.15) is 4.98 Å². The van der Waals surface area contributed by atoms with Gasteiger partial charge < -0.3 is 16.0 Å². The Morgan fingerprint density at radius 3 is 3.07 bits per heavy atom. The second kappa shape index (κ2) is 2.90. The normalized spacial score (nSPS) is 20.1. The van der Waals surface area contributed by atoms with Gasteiger partial charge in [-0.3, -0.25) is 9.78 Å². The Morgan fingerprint density at radius 1 is 1.64 bits per heavy atom. The molecule has 0 aromatic carbocycles. The van der Waals surface area contributed by atoms with E-state index in [1.54, 1.807) is 0 Å². The minimum Gasteiger partial charge on any atom is -0.369 e. The van der Waals surface area contributed by atoms with Gasteiger partial charge in [0.1, 0.15) is 5.69 Å². The van der Waals surface area contributed by atoms with Crippen molar-refractivity contribution in [1.82, 2.24) is 9.97 Å². The van der Waals surface area contributed by atoms with Gasteiger partial charge in [0.15, 0.2) is 5.82 Å². The topological polar surface area (TPSA) is 87.0 Å². The van der Waals surface area contributed by atoms with E-state index in [1.165, 1.54) is 0 Å². The maximum atomic E-state index is 11.6. The van der Waals surface area contributed by atoms with Gasteiger partial charge in [0.25, 0.3) is 5.56 Å². The molecule has 0 fully saturated rings. The number of nitrogen functional groups attached to an aromatic ring is 1. The summed E-state index contributed by atoms with van der Waals surface area (Å²) in [5, 5.41) is 3.07. The smallest absolute Gasteiger partial charge is 0.278 e. The van der Waals surface area contributed by atoms with Crippen LogP contribution in [0.25, 0.3) is 0 Å². The zero-order valence-corrected chi connectivity index (χ0v) is 8.16. The van der Waals surface area contributed by atoms with Crippen LogP contribution in [-0.4, -0.2) is 29.6 Å². The summed E-state index contributed by atoms with van der Waals surface area (Å²) in [5.41, 5.74) is 5.79. The number of nitrogens with one attached hydrogen (secondary N) is 2. The lowest BCUT2D eigenvalue weighted by Crippen LogP contribution is -2.43. The summed E-state index contributed by atoms with van der Waals surface area (Å²) in [5.74, 6) is 0.705. The molecule has 0 radical (unpaired) electrons. The average molecular weight is 195 g/mol. The highest BCUT2D eigenvalue weighted by molar-refractivity contribution is 5.68. The molecule has 0 bridgehead atoms. The van der Waals surface area contributed by atoms with Gasteiger partial charge >= 0.3 is 0 Å². The molecule has 1 aromatic rings. The lowest BCUT2D eigenvalue weighted by atomic mass is 10.2. The fourth-order valence-corrected chi connectivity index (χ4v) is 1.54. The van der Waals surface area contributed by atoms with E-state index < -0.39 is 0 Å². The number of fused-ring (bicyclic) bond motifs is 1. The fraction of sp³-hybridized carbons (Fsp3) is 0.500. The molecule has 1 aromatic heterocycles. The molecule has 0 spiro atoms. The zero-order chi connectivity index (χ0) is 10.3. The van der Waals surface area contributed by atoms with Crippen molar-refractivity contribution in [2.75, 3.05) is 29.5 Å². The van der Waals surface area contributed by atoms with Crippen LogP contribution in [0.4, 0.5) is 17.5 Å². The van der Waals surface area contributed by atoms with Crippen molar-refractivity contribution in [2.45, 2.75) is 13.0 Å². The van der Waals surface area contributed by atoms with Crippen LogP contribution in [0.15, 0.2) is 4.79 Å². The summed E-state index contributed by atoms with van der Waals surface area (Å²) in [6.45, 7) is 2.80. The maximum Gasteiger partial charge on any atom is 0.278 e. The molecule has 2 heterocycles. The van der Waals surface area contributed by atoms with Crippen molar-refractivity contribution in [1.29, 1.82) is 0 Å². The van der Waals surface area contributed by atoms with Crippen LogP contribution in [0.1, 0.15) is 6.92 Å². The number of aromatic nitrogens is 2. The summed E-state index contributed by atoms with van der Waals surface area (Å²) in [7, 11) is 1.87. The molecule has 1 unspecified atom stereocenters. The van der Waals surface area contributed by atoms with Gasteiger partial charge in [0.05, 0.1) is 0 Å². The van der Waals surface area contributed by atoms with Crippen LogP contribution in [0.2, 0.25) is 0 Å². The number of nitrogens with two attached hydrogens (primary N) is 1. The van der Waals surface area contributed by atoms with E-state index in [4.69, 9.17) is 5.73 Å². The first kappa shape index (κ1) is 8.86. The molecule has 2 rings (SSSR count). The number of rotatable bonds is 0. The summed E-state index contributed by atoms with van der Waals surface area (Å²) in [6, 6.07) is 0.272. The predicted octanol–water partition coefficient (Wildman–Crippen LogP) is -0.398. The van der Waals surface area contributed by atoms with Gasteiger partial charge in [-0.15, -0.1) is 0 Å². The molecule has 1 atom stereocenters. The van der Waals surface area contributed by atoms with Crippen molar-refractivity contribution in [2.24, 2.45) is 0 Å². The second-order valence-electron chi connectivity index (χ2n) is 3.49. The molecule has 0 aliphatic carbocycles. The van der Waals surface area contributed by atoms with E-state index in [0.29, 0.717) is 11.5 Å². The Balaban J connectivity index is 2.60. The number of anilines is 3. The minimum atomic E-state index is -0.200. The summed E-state index contributed by atoms with van der Waals surface area (Å²) in [6.07, 6.45) is 0. The largest absolute Gasteiger partial charge is 0.369 e. The number of nitrogens with zero attached hydrogens (tertiary/aromatic N) is 2. The van der Waals surface area contributed by atoms with E-state index >= 15 is 0 Å². The third-order valence-corrected chi connectivity index (χ3v) is 2.49. The van der Waals surface area contributed by atoms with Crippen LogP contribution in [0.5, 0.6) is 0 Å². The van der Waals surface area contributed by atoms with Gasteiger partial charge in [0, 0.05) is 19.6 Å². The molecule has 14 heavy (non-hydrogen) atoms. The van der Waals surface area contributed by atoms with Gasteiger partial charge in [0.2, 0.25) is 5.95 Å². The number of aromatic amines is 1. The third kappa shape index (κ3) is 1.19. The van der Waals surface area contributed by atoms with Crippen molar-refractivity contribution < 1.29 is 0 Å². The van der Waals surface area contributed by atoms with Gasteiger partial charge in [-0.1, -0.05) is 0 Å². The predicted molar refractivity (Wildman–Crippen MR) is 55.6 cm³/mol. The van der Waals surface area contributed by atoms with E-state index in [2.05, 4.69) is 15.3 Å². The Labute approximate surface area is 81.1 Å². The first-order chi connectivity index (χ1) is 6.59. The van der Waals surface area contributed by atoms with Gasteiger partial charge in [-0.25, -0.2) is 0 Å². The van der Waals surface area contributed by atoms with Crippen molar-refractivity contribution in [3.05, 3.63) is 10.4 Å². The Hall–Kier alpha value is -1.72. The number of H-pyrrole nitrogens is 1. The standard InChI is InChI=1S/C8H13N5O/c1-4-3-10-6-5(13(4)2)7(14)12-8(9)11-6/h4H,3H2,1-2H3,(H4,9,10,11,12,14). The molecular weight excluding hydrogens is 182 g/mol. The molecular formula is C8H13N5O. The fourth-order valence-electron chi connectivity index (χ4n) is 1.54. The van der Waals surface area contributed by atoms with Gasteiger partial charge in [-0.05, 0) is 6.92 Å². The molecule has 76 valence electrons. The monoisotopic (exact) mass is 195 g/mol. The Kier molecular flexibility index (Phi) is 1.83. The molecule has 4 N–H and O–H groups in total. The summed E-state index contributed by atoms with van der Waals surface area (Å²) in [4.78, 5) is 20.0. The Bertz CT molecular complexity index is 413. The lowest BCUT2D eigenvalue weighted by molar-refractivity contribution is 0.689. The molecule has 0 saturated carbocycles. The first-order valence-electron chi connectivity index (χ1n) is 4.46. The minimum absolute atomic E-state index is 0.143. The highest BCUT2D eigenvalue weighted by Gasteiger charge is 2.23. The molecule has 0 amide bonds. The molecule has 1 aliphatic rings. The molecule has 6 heteroatoms. The van der Waals surface area contributed by atoms with E-state index in [-0.39, 0.29) is 17.5 Å². The van der Waals surface area contributed by atoms with Crippen LogP contribution in [-0.2, 0) is 0 Å². The zero-order valence-electron chi connectivity index (χ0n) is 8.16. The highest BCUT2D eigenvalue weighted by atomic mass is 16.1. The van der Waals surface area contributed by atoms with Crippen molar-refractivity contribution in [3.8, 4) is 0 Å². The molecule has 0 saturated heterocycles. The quantitative estimate of drug-likeness (QED) is 0.524. The summed E-state index contributed by atoms with van der Waals surface area (Å²) < 4.78 is 0. The lowest BCUT2D eigenvalue weighted by Gasteiger charge is -2.32. The average Bonchev–Trinajstić information content (AvgIpc) is 2.10. The molecule has 1 aliphatic heterocycles. The maximum absolute atomic E-state index is 11.6. The number of likely N-dealkylation sites (N-methyl/N-ethyl adjacent to an activating group) is 1. The van der Waals surface area contributed by atoms with Crippen LogP contribution in [0, 0.1) is 0 Å². The van der Waals surface area contributed by atoms with Crippen molar-refractivity contribution >= 4 is 17.5 Å². The van der Waals surface area contributed by atoms with Crippen LogP contribution < -0.4 is 21.5 Å². The molecule has 6 nitrogen and oxygen atoms in total. The Morgan fingerprint density at radius 2 is 2.36 bits per heavy atom. The number of hydrogen-bond acceptors (Lipinski definition) is 5. The van der Waals surface area contributed by atoms with Crippen molar-refractivity contribution in [3.63, 3.8) is 0 Å². The highest BCUT2D eigenvalue weighted by Crippen LogP contribution is 2.24. The summed E-state index contributed by atoms with van der Waals surface area (Å²) >= 11 is 0. The SMILES string of the molecule is CC1CNc2nc(N)[nH]c(=O)c2N1C. The van der Waals surface area contributed by atoms with E-state index in [0.717, 1.165) is 6.54 Å². The van der Waals surface area contributed by atoms with E-state index in [1.807, 2.05) is 18.9 Å². The van der Waals surface area contributed by atoms with Crippen LogP contribution in [0.3, 0.4) is 0 Å².